The van der Waals surface area contributed by atoms with E-state index < -0.39 is 0 Å². The summed E-state index contributed by atoms with van der Waals surface area (Å²) in [6.07, 6.45) is 1.69. The van der Waals surface area contributed by atoms with Gasteiger partial charge in [0.25, 0.3) is 0 Å². The lowest BCUT2D eigenvalue weighted by molar-refractivity contribution is -0.0420. The molecule has 0 bridgehead atoms. The van der Waals surface area contributed by atoms with E-state index in [0.717, 1.165) is 13.2 Å². The molecule has 12 heavy (non-hydrogen) atoms. The summed E-state index contributed by atoms with van der Waals surface area (Å²) < 4.78 is 5.69. The lowest BCUT2D eigenvalue weighted by Gasteiger charge is -2.41. The van der Waals surface area contributed by atoms with Crippen LogP contribution in [0.3, 0.4) is 0 Å². The number of nitrogens with zero attached hydrogens (tertiary/aromatic N) is 1. The minimum atomic E-state index is 0.488. The fourth-order valence-corrected chi connectivity index (χ4v) is 2.14. The number of piperidine rings is 1. The molecule has 0 amide bonds. The highest BCUT2D eigenvalue weighted by Crippen LogP contribution is 2.16. The maximum Gasteiger partial charge on any atom is 0.0753 e. The molecular formula is C9H18N2O. The van der Waals surface area contributed by atoms with Crippen LogP contribution >= 0.6 is 0 Å². The van der Waals surface area contributed by atoms with Crippen molar-refractivity contribution in [1.29, 1.82) is 0 Å². The molecule has 2 atom stereocenters. The topological polar surface area (TPSA) is 24.5 Å². The third-order valence-corrected chi connectivity index (χ3v) is 2.92. The summed E-state index contributed by atoms with van der Waals surface area (Å²) in [5, 5.41) is 3.52. The Balaban J connectivity index is 1.90. The van der Waals surface area contributed by atoms with Crippen LogP contribution in [0.25, 0.3) is 0 Å². The largest absolute Gasteiger partial charge is 0.375 e. The summed E-state index contributed by atoms with van der Waals surface area (Å²) in [5.41, 5.74) is 0. The minimum absolute atomic E-state index is 0.488. The highest BCUT2D eigenvalue weighted by atomic mass is 16.5. The van der Waals surface area contributed by atoms with Crippen molar-refractivity contribution in [3.63, 3.8) is 0 Å². The van der Waals surface area contributed by atoms with Crippen molar-refractivity contribution in [2.75, 3.05) is 32.8 Å². The Morgan fingerprint density at radius 2 is 2.50 bits per heavy atom. The van der Waals surface area contributed by atoms with Crippen molar-refractivity contribution in [2.45, 2.75) is 25.5 Å². The van der Waals surface area contributed by atoms with Crippen LogP contribution in [0.1, 0.15) is 13.3 Å². The number of rotatable bonds is 1. The highest BCUT2D eigenvalue weighted by molar-refractivity contribution is 4.88. The zero-order valence-corrected chi connectivity index (χ0v) is 7.75. The Morgan fingerprint density at radius 1 is 1.58 bits per heavy atom. The SMILES string of the molecule is CCN1CC[C@@H]2OCCN[C@H]2C1. The molecule has 3 heteroatoms. The van der Waals surface area contributed by atoms with Gasteiger partial charge in [0.05, 0.1) is 12.7 Å². The van der Waals surface area contributed by atoms with Crippen LogP contribution in [0.15, 0.2) is 0 Å². The van der Waals surface area contributed by atoms with Gasteiger partial charge in [-0.1, -0.05) is 6.92 Å². The summed E-state index contributed by atoms with van der Waals surface area (Å²) in [5.74, 6) is 0. The molecule has 0 unspecified atom stereocenters. The Kier molecular flexibility index (Phi) is 2.63. The van der Waals surface area contributed by atoms with E-state index in [1.165, 1.54) is 26.1 Å². The number of ether oxygens (including phenoxy) is 1. The molecule has 2 heterocycles. The van der Waals surface area contributed by atoms with E-state index in [2.05, 4.69) is 17.1 Å². The quantitative estimate of drug-likeness (QED) is 0.602. The van der Waals surface area contributed by atoms with Crippen LogP contribution in [0, 0.1) is 0 Å². The van der Waals surface area contributed by atoms with Crippen LogP contribution in [0.5, 0.6) is 0 Å². The van der Waals surface area contributed by atoms with Crippen molar-refractivity contribution in [3.05, 3.63) is 0 Å². The second kappa shape index (κ2) is 3.73. The predicted molar refractivity (Wildman–Crippen MR) is 48.3 cm³/mol. The van der Waals surface area contributed by atoms with Crippen LogP contribution in [0.4, 0.5) is 0 Å². The summed E-state index contributed by atoms with van der Waals surface area (Å²) in [6, 6.07) is 0.590. The van der Waals surface area contributed by atoms with Gasteiger partial charge in [-0.05, 0) is 13.0 Å². The summed E-state index contributed by atoms with van der Waals surface area (Å²) in [4.78, 5) is 2.49. The summed E-state index contributed by atoms with van der Waals surface area (Å²) >= 11 is 0. The maximum absolute atomic E-state index is 5.69. The van der Waals surface area contributed by atoms with Gasteiger partial charge in [-0.2, -0.15) is 0 Å². The average molecular weight is 170 g/mol. The smallest absolute Gasteiger partial charge is 0.0753 e. The zero-order chi connectivity index (χ0) is 8.39. The van der Waals surface area contributed by atoms with Crippen molar-refractivity contribution >= 4 is 0 Å². The van der Waals surface area contributed by atoms with Crippen molar-refractivity contribution in [2.24, 2.45) is 0 Å². The van der Waals surface area contributed by atoms with Gasteiger partial charge in [0, 0.05) is 25.7 Å². The third kappa shape index (κ3) is 1.63. The van der Waals surface area contributed by atoms with Crippen LogP contribution in [-0.2, 0) is 4.74 Å². The number of likely N-dealkylation sites (N-methyl/N-ethyl adjacent to an activating group) is 1. The normalized spacial score (nSPS) is 37.8. The molecule has 0 aromatic rings. The Hall–Kier alpha value is -0.120. The van der Waals surface area contributed by atoms with Crippen molar-refractivity contribution in [1.82, 2.24) is 10.2 Å². The molecule has 2 rings (SSSR count). The molecule has 2 fully saturated rings. The van der Waals surface area contributed by atoms with Crippen molar-refractivity contribution < 1.29 is 4.74 Å². The molecule has 0 radical (unpaired) electrons. The lowest BCUT2D eigenvalue weighted by Crippen LogP contribution is -2.58. The number of morpholine rings is 1. The van der Waals surface area contributed by atoms with Gasteiger partial charge in [-0.15, -0.1) is 0 Å². The molecule has 0 spiro atoms. The average Bonchev–Trinajstić information content (AvgIpc) is 2.17. The molecule has 2 aliphatic heterocycles. The first-order valence-corrected chi connectivity index (χ1v) is 4.97. The van der Waals surface area contributed by atoms with Gasteiger partial charge in [-0.25, -0.2) is 0 Å². The number of fused-ring (bicyclic) bond motifs is 1. The van der Waals surface area contributed by atoms with Gasteiger partial charge < -0.3 is 15.0 Å². The first-order chi connectivity index (χ1) is 5.90. The second-order valence-corrected chi connectivity index (χ2v) is 3.65. The fraction of sp³-hybridized carbons (Fsp3) is 1.00. The molecule has 0 aliphatic carbocycles. The first kappa shape index (κ1) is 8.48. The monoisotopic (exact) mass is 170 g/mol. The summed E-state index contributed by atoms with van der Waals surface area (Å²) in [7, 11) is 0. The van der Waals surface area contributed by atoms with Crippen molar-refractivity contribution in [3.8, 4) is 0 Å². The van der Waals surface area contributed by atoms with Crippen LogP contribution in [-0.4, -0.2) is 49.8 Å². The van der Waals surface area contributed by atoms with Gasteiger partial charge in [0.1, 0.15) is 0 Å². The lowest BCUT2D eigenvalue weighted by atomic mass is 10.0. The molecule has 2 aliphatic rings. The molecule has 1 N–H and O–H groups in total. The number of nitrogens with one attached hydrogen (secondary N) is 1. The Labute approximate surface area is 74.1 Å². The Morgan fingerprint density at radius 3 is 3.33 bits per heavy atom. The Bertz CT molecular complexity index is 151. The van der Waals surface area contributed by atoms with Crippen LogP contribution in [0.2, 0.25) is 0 Å². The van der Waals surface area contributed by atoms with Gasteiger partial charge in [0.15, 0.2) is 0 Å². The van der Waals surface area contributed by atoms with Crippen LogP contribution < -0.4 is 5.32 Å². The van der Waals surface area contributed by atoms with Gasteiger partial charge in [0.2, 0.25) is 0 Å². The fourth-order valence-electron chi connectivity index (χ4n) is 2.14. The zero-order valence-electron chi connectivity index (χ0n) is 7.75. The third-order valence-electron chi connectivity index (χ3n) is 2.92. The van der Waals surface area contributed by atoms with E-state index >= 15 is 0 Å². The molecule has 0 aromatic heterocycles. The molecule has 70 valence electrons. The number of likely N-dealkylation sites (tertiary alicyclic amines) is 1. The van der Waals surface area contributed by atoms with E-state index in [4.69, 9.17) is 4.74 Å². The summed E-state index contributed by atoms with van der Waals surface area (Å²) in [6.45, 7) is 7.70. The standard InChI is InChI=1S/C9H18N2O/c1-2-11-5-3-9-8(7-11)10-4-6-12-9/h8-10H,2-7H2,1H3/t8-,9-/m0/s1. The highest BCUT2D eigenvalue weighted by Gasteiger charge is 2.30. The number of hydrogen-bond donors (Lipinski definition) is 1. The van der Waals surface area contributed by atoms with Gasteiger partial charge >= 0.3 is 0 Å². The number of hydrogen-bond acceptors (Lipinski definition) is 3. The molecule has 0 saturated carbocycles. The van der Waals surface area contributed by atoms with E-state index in [9.17, 15) is 0 Å². The van der Waals surface area contributed by atoms with E-state index in [-0.39, 0.29) is 0 Å². The predicted octanol–water partition coefficient (Wildman–Crippen LogP) is 0.0690. The molecule has 0 aromatic carbocycles. The second-order valence-electron chi connectivity index (χ2n) is 3.65. The molecule has 3 nitrogen and oxygen atoms in total. The first-order valence-electron chi connectivity index (χ1n) is 4.97. The van der Waals surface area contributed by atoms with E-state index in [1.807, 2.05) is 0 Å². The molecule has 2 saturated heterocycles. The van der Waals surface area contributed by atoms with E-state index in [1.54, 1.807) is 0 Å². The minimum Gasteiger partial charge on any atom is -0.375 e. The van der Waals surface area contributed by atoms with E-state index in [0.29, 0.717) is 12.1 Å². The van der Waals surface area contributed by atoms with Gasteiger partial charge in [-0.3, -0.25) is 0 Å². The maximum atomic E-state index is 5.69. The molecular weight excluding hydrogens is 152 g/mol.